The zero-order valence-corrected chi connectivity index (χ0v) is 13.2. The Morgan fingerprint density at radius 1 is 1.27 bits per heavy atom. The molecule has 0 bridgehead atoms. The summed E-state index contributed by atoms with van der Waals surface area (Å²) in [4.78, 5) is 17.9. The number of nitrogens with zero attached hydrogens (tertiary/aromatic N) is 1. The van der Waals surface area contributed by atoms with E-state index in [-0.39, 0.29) is 5.91 Å². The second-order valence-electron chi connectivity index (χ2n) is 6.11. The minimum atomic E-state index is 0.116. The number of hydrogen-bond acceptors (Lipinski definition) is 2. The number of nitrogens with one attached hydrogen (secondary N) is 2. The number of piperidine rings is 1. The molecule has 1 aliphatic heterocycles. The van der Waals surface area contributed by atoms with E-state index in [0.717, 1.165) is 48.6 Å². The molecule has 2 heterocycles. The summed E-state index contributed by atoms with van der Waals surface area (Å²) in [6.07, 6.45) is 2.14. The number of aryl methyl sites for hydroxylation is 2. The van der Waals surface area contributed by atoms with Gasteiger partial charge in [-0.05, 0) is 50.5 Å². The number of benzene rings is 1. The van der Waals surface area contributed by atoms with Crippen molar-refractivity contribution in [2.45, 2.75) is 32.7 Å². The number of rotatable bonds is 3. The number of aromatic nitrogens is 1. The molecule has 0 spiro atoms. The molecule has 1 saturated heterocycles. The monoisotopic (exact) mass is 297 g/mol. The molecule has 0 saturated carbocycles. The van der Waals surface area contributed by atoms with Crippen molar-refractivity contribution in [3.8, 4) is 0 Å². The van der Waals surface area contributed by atoms with Crippen LogP contribution in [0, 0.1) is 13.8 Å². The van der Waals surface area contributed by atoms with Gasteiger partial charge in [0.1, 0.15) is 5.69 Å². The Balaban J connectivity index is 1.68. The normalized spacial score (nSPS) is 18.3. The average Bonchev–Trinajstić information content (AvgIpc) is 2.86. The van der Waals surface area contributed by atoms with Crippen LogP contribution in [0.4, 0.5) is 5.69 Å². The maximum atomic E-state index is 12.7. The minimum Gasteiger partial charge on any atom is -0.381 e. The van der Waals surface area contributed by atoms with E-state index < -0.39 is 0 Å². The summed E-state index contributed by atoms with van der Waals surface area (Å²) in [7, 11) is 0. The van der Waals surface area contributed by atoms with E-state index in [2.05, 4.69) is 22.4 Å². The van der Waals surface area contributed by atoms with Crippen molar-refractivity contribution in [2.24, 2.45) is 0 Å². The van der Waals surface area contributed by atoms with Crippen LogP contribution in [0.3, 0.4) is 0 Å². The van der Waals surface area contributed by atoms with Gasteiger partial charge in [-0.3, -0.25) is 4.79 Å². The molecule has 4 nitrogen and oxygen atoms in total. The van der Waals surface area contributed by atoms with Crippen LogP contribution < -0.4 is 5.32 Å². The molecule has 1 aromatic carbocycles. The fourth-order valence-electron chi connectivity index (χ4n) is 3.16. The highest BCUT2D eigenvalue weighted by molar-refractivity contribution is 5.94. The van der Waals surface area contributed by atoms with Crippen LogP contribution in [0.5, 0.6) is 0 Å². The first-order valence-electron chi connectivity index (χ1n) is 7.90. The summed E-state index contributed by atoms with van der Waals surface area (Å²) < 4.78 is 0. The van der Waals surface area contributed by atoms with Crippen molar-refractivity contribution < 1.29 is 4.79 Å². The van der Waals surface area contributed by atoms with Crippen LogP contribution in [-0.4, -0.2) is 34.9 Å². The molecule has 1 fully saturated rings. The molecule has 0 unspecified atom stereocenters. The molecular formula is C18H23N3O. The van der Waals surface area contributed by atoms with E-state index in [1.165, 1.54) is 0 Å². The molecule has 22 heavy (non-hydrogen) atoms. The van der Waals surface area contributed by atoms with E-state index in [1.54, 1.807) is 0 Å². The lowest BCUT2D eigenvalue weighted by Gasteiger charge is -2.33. The lowest BCUT2D eigenvalue weighted by Crippen LogP contribution is -2.45. The standard InChI is InChI=1S/C18H23N3O/c1-13-11-14(2)19-17(13)18(22)21-10-6-9-16(12-21)20-15-7-4-3-5-8-15/h3-5,7-8,11,16,19-20H,6,9-10,12H2,1-2H3/t16-/m0/s1. The summed E-state index contributed by atoms with van der Waals surface area (Å²) in [5, 5.41) is 3.53. The van der Waals surface area contributed by atoms with Crippen molar-refractivity contribution in [2.75, 3.05) is 18.4 Å². The van der Waals surface area contributed by atoms with Crippen molar-refractivity contribution in [3.63, 3.8) is 0 Å². The van der Waals surface area contributed by atoms with Gasteiger partial charge in [-0.2, -0.15) is 0 Å². The highest BCUT2D eigenvalue weighted by atomic mass is 16.2. The van der Waals surface area contributed by atoms with Crippen molar-refractivity contribution in [1.82, 2.24) is 9.88 Å². The Morgan fingerprint density at radius 3 is 2.73 bits per heavy atom. The minimum absolute atomic E-state index is 0.116. The van der Waals surface area contributed by atoms with E-state index in [1.807, 2.05) is 43.0 Å². The number of amides is 1. The van der Waals surface area contributed by atoms with E-state index in [4.69, 9.17) is 0 Å². The summed E-state index contributed by atoms with van der Waals surface area (Å²) in [6, 6.07) is 12.5. The second kappa shape index (κ2) is 6.26. The van der Waals surface area contributed by atoms with Gasteiger partial charge in [0, 0.05) is 30.5 Å². The summed E-state index contributed by atoms with van der Waals surface area (Å²) >= 11 is 0. The van der Waals surface area contributed by atoms with Gasteiger partial charge in [-0.25, -0.2) is 0 Å². The van der Waals surface area contributed by atoms with Crippen molar-refractivity contribution in [1.29, 1.82) is 0 Å². The van der Waals surface area contributed by atoms with Gasteiger partial charge >= 0.3 is 0 Å². The lowest BCUT2D eigenvalue weighted by molar-refractivity contribution is 0.0708. The second-order valence-corrected chi connectivity index (χ2v) is 6.11. The number of likely N-dealkylation sites (tertiary alicyclic amines) is 1. The van der Waals surface area contributed by atoms with Crippen LogP contribution >= 0.6 is 0 Å². The van der Waals surface area contributed by atoms with Crippen LogP contribution in [0.25, 0.3) is 0 Å². The quantitative estimate of drug-likeness (QED) is 0.912. The number of anilines is 1. The van der Waals surface area contributed by atoms with E-state index in [9.17, 15) is 4.79 Å². The lowest BCUT2D eigenvalue weighted by atomic mass is 10.0. The predicted octanol–water partition coefficient (Wildman–Crippen LogP) is 3.35. The van der Waals surface area contributed by atoms with Crippen LogP contribution in [0.15, 0.2) is 36.4 Å². The number of aromatic amines is 1. The predicted molar refractivity (Wildman–Crippen MR) is 89.3 cm³/mol. The third kappa shape index (κ3) is 3.16. The van der Waals surface area contributed by atoms with Gasteiger partial charge in [0.15, 0.2) is 0 Å². The van der Waals surface area contributed by atoms with Crippen LogP contribution in [-0.2, 0) is 0 Å². The van der Waals surface area contributed by atoms with Gasteiger partial charge < -0.3 is 15.2 Å². The first-order valence-corrected chi connectivity index (χ1v) is 7.90. The molecule has 2 aromatic rings. The molecule has 1 atom stereocenters. The molecule has 1 amide bonds. The van der Waals surface area contributed by atoms with Gasteiger partial charge in [0.25, 0.3) is 5.91 Å². The fourth-order valence-corrected chi connectivity index (χ4v) is 3.16. The Morgan fingerprint density at radius 2 is 2.05 bits per heavy atom. The van der Waals surface area contributed by atoms with Gasteiger partial charge in [-0.1, -0.05) is 18.2 Å². The number of carbonyl (C=O) groups is 1. The maximum Gasteiger partial charge on any atom is 0.270 e. The summed E-state index contributed by atoms with van der Waals surface area (Å²) in [5.74, 6) is 0.116. The fraction of sp³-hybridized carbons (Fsp3) is 0.389. The van der Waals surface area contributed by atoms with Crippen LogP contribution in [0.1, 0.15) is 34.6 Å². The first-order chi connectivity index (χ1) is 10.6. The van der Waals surface area contributed by atoms with Crippen LogP contribution in [0.2, 0.25) is 0 Å². The third-order valence-corrected chi connectivity index (χ3v) is 4.22. The zero-order valence-electron chi connectivity index (χ0n) is 13.2. The molecule has 3 rings (SSSR count). The Hall–Kier alpha value is -2.23. The van der Waals surface area contributed by atoms with E-state index >= 15 is 0 Å². The smallest absolute Gasteiger partial charge is 0.270 e. The molecule has 116 valence electrons. The Labute approximate surface area is 131 Å². The molecular weight excluding hydrogens is 274 g/mol. The number of para-hydroxylation sites is 1. The topological polar surface area (TPSA) is 48.1 Å². The molecule has 2 N–H and O–H groups in total. The summed E-state index contributed by atoms with van der Waals surface area (Å²) in [6.45, 7) is 5.56. The SMILES string of the molecule is Cc1cc(C)c(C(=O)N2CCC[C@H](Nc3ccccc3)C2)[nH]1. The highest BCUT2D eigenvalue weighted by Crippen LogP contribution is 2.19. The maximum absolute atomic E-state index is 12.7. The van der Waals surface area contributed by atoms with Crippen molar-refractivity contribution in [3.05, 3.63) is 53.3 Å². The van der Waals surface area contributed by atoms with Crippen molar-refractivity contribution >= 4 is 11.6 Å². The zero-order chi connectivity index (χ0) is 15.5. The third-order valence-electron chi connectivity index (χ3n) is 4.22. The molecule has 1 aromatic heterocycles. The summed E-state index contributed by atoms with van der Waals surface area (Å²) in [5.41, 5.74) is 3.92. The average molecular weight is 297 g/mol. The number of hydrogen-bond donors (Lipinski definition) is 2. The number of carbonyl (C=O) groups excluding carboxylic acids is 1. The van der Waals surface area contributed by atoms with Gasteiger partial charge in [-0.15, -0.1) is 0 Å². The first kappa shape index (κ1) is 14.7. The molecule has 0 aliphatic carbocycles. The molecule has 0 radical (unpaired) electrons. The largest absolute Gasteiger partial charge is 0.381 e. The number of H-pyrrole nitrogens is 1. The molecule has 1 aliphatic rings. The molecule has 4 heteroatoms. The van der Waals surface area contributed by atoms with E-state index in [0.29, 0.717) is 6.04 Å². The highest BCUT2D eigenvalue weighted by Gasteiger charge is 2.26. The Bertz CT molecular complexity index is 648. The Kier molecular flexibility index (Phi) is 4.18. The van der Waals surface area contributed by atoms with Gasteiger partial charge in [0.05, 0.1) is 0 Å². The van der Waals surface area contributed by atoms with Gasteiger partial charge in [0.2, 0.25) is 0 Å².